The van der Waals surface area contributed by atoms with Gasteiger partial charge in [0.25, 0.3) is 5.69 Å². The molecule has 0 aromatic heterocycles. The summed E-state index contributed by atoms with van der Waals surface area (Å²) in [5.41, 5.74) is -0.466. The average Bonchev–Trinajstić information content (AvgIpc) is 2.74. The van der Waals surface area contributed by atoms with E-state index < -0.39 is 27.1 Å². The Bertz CT molecular complexity index is 1160. The highest BCUT2D eigenvalue weighted by molar-refractivity contribution is 9.10. The van der Waals surface area contributed by atoms with Gasteiger partial charge in [-0.3, -0.25) is 25.0 Å². The molecular weight excluding hydrogens is 500 g/mol. The number of rotatable bonds is 10. The van der Waals surface area contributed by atoms with Gasteiger partial charge in [-0.15, -0.1) is 10.2 Å². The third kappa shape index (κ3) is 5.98. The van der Waals surface area contributed by atoms with Gasteiger partial charge < -0.3 is 15.0 Å². The fourth-order valence-corrected chi connectivity index (χ4v) is 3.21. The first-order valence-corrected chi connectivity index (χ1v) is 10.1. The van der Waals surface area contributed by atoms with E-state index in [2.05, 4.69) is 44.6 Å². The Balaban J connectivity index is 2.71. The van der Waals surface area contributed by atoms with Crippen LogP contribution in [0.2, 0.25) is 0 Å². The number of carbonyl (C=O) groups excluding carboxylic acids is 1. The molecule has 1 amide bonds. The van der Waals surface area contributed by atoms with Crippen molar-refractivity contribution in [2.24, 2.45) is 10.2 Å². The third-order valence-corrected chi connectivity index (χ3v) is 4.66. The number of nitrogens with one attached hydrogen (secondary N) is 1. The second-order valence-corrected chi connectivity index (χ2v) is 7.09. The van der Waals surface area contributed by atoms with Crippen molar-refractivity contribution in [2.45, 2.75) is 13.8 Å². The van der Waals surface area contributed by atoms with Gasteiger partial charge >= 0.3 is 5.69 Å². The van der Waals surface area contributed by atoms with Gasteiger partial charge in [-0.1, -0.05) is 13.2 Å². The van der Waals surface area contributed by atoms with Crippen LogP contribution >= 0.6 is 15.9 Å². The number of nitrogens with zero attached hydrogens (tertiary/aromatic N) is 5. The molecule has 0 unspecified atom stereocenters. The second-order valence-electron chi connectivity index (χ2n) is 6.23. The van der Waals surface area contributed by atoms with E-state index in [-0.39, 0.29) is 21.5 Å². The molecule has 2 aromatic rings. The minimum Gasteiger partial charge on any atom is -0.492 e. The lowest BCUT2D eigenvalue weighted by Crippen LogP contribution is -2.11. The quantitative estimate of drug-likeness (QED) is 0.225. The highest BCUT2D eigenvalue weighted by atomic mass is 79.9. The van der Waals surface area contributed by atoms with Crippen molar-refractivity contribution in [3.8, 4) is 5.75 Å². The largest absolute Gasteiger partial charge is 0.492 e. The molecule has 0 aliphatic rings. The summed E-state index contributed by atoms with van der Waals surface area (Å²) < 4.78 is 5.66. The molecule has 0 radical (unpaired) electrons. The number of non-ortho nitro benzene ring substituents is 1. The lowest BCUT2D eigenvalue weighted by atomic mass is 10.2. The van der Waals surface area contributed by atoms with E-state index in [0.717, 1.165) is 12.1 Å². The zero-order chi connectivity index (χ0) is 24.7. The Morgan fingerprint density at radius 3 is 2.36 bits per heavy atom. The van der Waals surface area contributed by atoms with Gasteiger partial charge in [0, 0.05) is 31.5 Å². The molecule has 13 heteroatoms. The number of hydrogen-bond donors (Lipinski definition) is 1. The van der Waals surface area contributed by atoms with Crippen molar-refractivity contribution in [2.75, 3.05) is 16.8 Å². The number of nitro groups is 2. The molecule has 0 saturated heterocycles. The number of benzene rings is 2. The standard InChI is InChI=1S/C20H19BrN6O6/c1-5-25(6-2)17-10-15(22-12(4)28)16(11-19(17)33-7-3)23-24-20-14(21)8-13(26(29)30)9-18(20)27(31)32/h5-6,8-11H,1-2,7H2,3-4H3,(H,22,28). The lowest BCUT2D eigenvalue weighted by molar-refractivity contribution is -0.393. The van der Waals surface area contributed by atoms with E-state index in [4.69, 9.17) is 4.74 Å². The zero-order valence-corrected chi connectivity index (χ0v) is 19.2. The maximum Gasteiger partial charge on any atom is 0.304 e. The number of ether oxygens (including phenoxy) is 1. The van der Waals surface area contributed by atoms with Crippen molar-refractivity contribution >= 4 is 56.0 Å². The van der Waals surface area contributed by atoms with E-state index in [0.29, 0.717) is 18.0 Å². The van der Waals surface area contributed by atoms with Gasteiger partial charge in [-0.25, -0.2) is 0 Å². The van der Waals surface area contributed by atoms with Crippen molar-refractivity contribution in [3.63, 3.8) is 0 Å². The highest BCUT2D eigenvalue weighted by Crippen LogP contribution is 2.43. The third-order valence-electron chi connectivity index (χ3n) is 4.05. The first-order valence-electron chi connectivity index (χ1n) is 9.28. The Labute approximate surface area is 196 Å². The summed E-state index contributed by atoms with van der Waals surface area (Å²) in [7, 11) is 0. The maximum atomic E-state index is 11.7. The van der Waals surface area contributed by atoms with Gasteiger partial charge in [-0.05, 0) is 28.9 Å². The molecule has 0 atom stereocenters. The normalized spacial score (nSPS) is 10.5. The number of amides is 1. The van der Waals surface area contributed by atoms with Crippen LogP contribution < -0.4 is 15.0 Å². The maximum absolute atomic E-state index is 11.7. The fourth-order valence-electron chi connectivity index (χ4n) is 2.69. The molecule has 0 bridgehead atoms. The van der Waals surface area contributed by atoms with Crippen molar-refractivity contribution in [1.82, 2.24) is 0 Å². The molecule has 0 aliphatic carbocycles. The molecule has 172 valence electrons. The molecule has 2 rings (SSSR count). The van der Waals surface area contributed by atoms with Crippen LogP contribution in [0.4, 0.5) is 34.1 Å². The molecule has 2 aromatic carbocycles. The van der Waals surface area contributed by atoms with E-state index in [9.17, 15) is 25.0 Å². The first-order chi connectivity index (χ1) is 15.6. The number of hydrogen-bond acceptors (Lipinski definition) is 9. The van der Waals surface area contributed by atoms with Gasteiger partial charge in [0.1, 0.15) is 11.4 Å². The number of anilines is 2. The molecule has 12 nitrogen and oxygen atoms in total. The Kier molecular flexibility index (Phi) is 8.34. The van der Waals surface area contributed by atoms with Crippen LogP contribution in [-0.2, 0) is 4.79 Å². The Morgan fingerprint density at radius 1 is 1.18 bits per heavy atom. The van der Waals surface area contributed by atoms with E-state index in [1.165, 1.54) is 25.4 Å². The van der Waals surface area contributed by atoms with E-state index >= 15 is 0 Å². The molecule has 0 spiro atoms. The fraction of sp³-hybridized carbons (Fsp3) is 0.150. The van der Waals surface area contributed by atoms with Crippen LogP contribution in [0.15, 0.2) is 64.5 Å². The van der Waals surface area contributed by atoms with Crippen molar-refractivity contribution in [1.29, 1.82) is 0 Å². The summed E-state index contributed by atoms with van der Waals surface area (Å²) in [5, 5.41) is 33.1. The Hall–Kier alpha value is -4.13. The first kappa shape index (κ1) is 25.1. The molecule has 0 fully saturated rings. The highest BCUT2D eigenvalue weighted by Gasteiger charge is 2.24. The summed E-state index contributed by atoms with van der Waals surface area (Å²) in [6, 6.07) is 4.91. The number of carbonyl (C=O) groups is 1. The summed E-state index contributed by atoms with van der Waals surface area (Å²) in [4.78, 5) is 34.2. The summed E-state index contributed by atoms with van der Waals surface area (Å²) in [6.07, 6.45) is 2.97. The van der Waals surface area contributed by atoms with Crippen LogP contribution in [0.1, 0.15) is 13.8 Å². The smallest absolute Gasteiger partial charge is 0.304 e. The van der Waals surface area contributed by atoms with Gasteiger partial charge in [0.15, 0.2) is 5.69 Å². The van der Waals surface area contributed by atoms with E-state index in [1.54, 1.807) is 17.9 Å². The monoisotopic (exact) mass is 518 g/mol. The molecule has 0 saturated carbocycles. The number of nitro benzene ring substituents is 2. The molecule has 0 aliphatic heterocycles. The van der Waals surface area contributed by atoms with Crippen LogP contribution in [0.25, 0.3) is 0 Å². The average molecular weight is 519 g/mol. The lowest BCUT2D eigenvalue weighted by Gasteiger charge is -2.21. The predicted octanol–water partition coefficient (Wildman–Crippen LogP) is 6.13. The molecule has 1 N–H and O–H groups in total. The molecular formula is C20H19BrN6O6. The Morgan fingerprint density at radius 2 is 1.85 bits per heavy atom. The van der Waals surface area contributed by atoms with Crippen molar-refractivity contribution in [3.05, 3.63) is 74.5 Å². The summed E-state index contributed by atoms with van der Waals surface area (Å²) in [6.45, 7) is 10.8. The molecule has 0 heterocycles. The molecule has 33 heavy (non-hydrogen) atoms. The summed E-state index contributed by atoms with van der Waals surface area (Å²) >= 11 is 3.07. The predicted molar refractivity (Wildman–Crippen MR) is 126 cm³/mol. The second kappa shape index (κ2) is 10.9. The van der Waals surface area contributed by atoms with Crippen LogP contribution in [0, 0.1) is 20.2 Å². The van der Waals surface area contributed by atoms with Crippen LogP contribution in [0.5, 0.6) is 5.75 Å². The zero-order valence-electron chi connectivity index (χ0n) is 17.6. The summed E-state index contributed by atoms with van der Waals surface area (Å²) in [5.74, 6) is -0.0366. The van der Waals surface area contributed by atoms with Crippen LogP contribution in [-0.4, -0.2) is 22.4 Å². The van der Waals surface area contributed by atoms with Gasteiger partial charge in [-0.2, -0.15) is 0 Å². The van der Waals surface area contributed by atoms with Gasteiger partial charge in [0.2, 0.25) is 5.91 Å². The van der Waals surface area contributed by atoms with Crippen LogP contribution in [0.3, 0.4) is 0 Å². The van der Waals surface area contributed by atoms with Crippen molar-refractivity contribution < 1.29 is 19.4 Å². The minimum absolute atomic E-state index is 0.000584. The van der Waals surface area contributed by atoms with Gasteiger partial charge in [0.05, 0.1) is 38.4 Å². The van der Waals surface area contributed by atoms with E-state index in [1.807, 2.05) is 0 Å². The number of azo groups is 1. The topological polar surface area (TPSA) is 153 Å². The SMILES string of the molecule is C=CN(C=C)c1cc(NC(C)=O)c(N=Nc2c(Br)cc([N+](=O)[O-])cc2[N+](=O)[O-])cc1OCC. The minimum atomic E-state index is -0.804. The number of halogens is 1.